The minimum absolute atomic E-state index is 0.00444. The first-order chi connectivity index (χ1) is 11.2. The van der Waals surface area contributed by atoms with Gasteiger partial charge in [-0.25, -0.2) is 9.97 Å². The lowest BCUT2D eigenvalue weighted by Crippen LogP contribution is -2.11. The molecular weight excluding hydrogens is 290 g/mol. The van der Waals surface area contributed by atoms with Crippen LogP contribution >= 0.6 is 0 Å². The fourth-order valence-corrected chi connectivity index (χ4v) is 2.30. The molecular formula is C18H23N3O2. The second kappa shape index (κ2) is 8.88. The number of anilines is 1. The van der Waals surface area contributed by atoms with E-state index < -0.39 is 0 Å². The standard InChI is InChI=1S/C18H23N3O2/c1-2-3-4-5-6-10-17(23)21-15-12-19-18(20-13-15)14-8-7-9-16(22)11-14/h7-9,11-13,22H,2-6,10H2,1H3,(H,21,23). The molecule has 23 heavy (non-hydrogen) atoms. The summed E-state index contributed by atoms with van der Waals surface area (Å²) in [6, 6.07) is 6.76. The fourth-order valence-electron chi connectivity index (χ4n) is 2.30. The van der Waals surface area contributed by atoms with Gasteiger partial charge in [-0.1, -0.05) is 44.7 Å². The van der Waals surface area contributed by atoms with Crippen molar-refractivity contribution >= 4 is 11.6 Å². The van der Waals surface area contributed by atoms with Crippen LogP contribution in [0, 0.1) is 0 Å². The maximum Gasteiger partial charge on any atom is 0.224 e. The Balaban J connectivity index is 1.84. The van der Waals surface area contributed by atoms with Crippen molar-refractivity contribution in [1.82, 2.24) is 9.97 Å². The zero-order valence-corrected chi connectivity index (χ0v) is 13.5. The van der Waals surface area contributed by atoms with Crippen molar-refractivity contribution in [2.45, 2.75) is 45.4 Å². The molecule has 1 heterocycles. The topological polar surface area (TPSA) is 75.1 Å². The molecule has 2 rings (SSSR count). The van der Waals surface area contributed by atoms with Gasteiger partial charge in [0.15, 0.2) is 5.82 Å². The molecule has 0 spiro atoms. The summed E-state index contributed by atoms with van der Waals surface area (Å²) >= 11 is 0. The normalized spacial score (nSPS) is 10.5. The molecule has 0 aliphatic rings. The molecule has 122 valence electrons. The van der Waals surface area contributed by atoms with Crippen LogP contribution in [-0.2, 0) is 4.79 Å². The zero-order chi connectivity index (χ0) is 16.5. The third kappa shape index (κ3) is 5.70. The molecule has 2 aromatic rings. The number of carbonyl (C=O) groups is 1. The lowest BCUT2D eigenvalue weighted by Gasteiger charge is -2.06. The minimum Gasteiger partial charge on any atom is -0.508 e. The monoisotopic (exact) mass is 313 g/mol. The molecule has 0 aliphatic heterocycles. The van der Waals surface area contributed by atoms with Crippen molar-refractivity contribution in [1.29, 1.82) is 0 Å². The van der Waals surface area contributed by atoms with Gasteiger partial charge < -0.3 is 10.4 Å². The van der Waals surface area contributed by atoms with Crippen molar-refractivity contribution in [2.75, 3.05) is 5.32 Å². The average molecular weight is 313 g/mol. The predicted molar refractivity (Wildman–Crippen MR) is 91.1 cm³/mol. The molecule has 1 aromatic carbocycles. The summed E-state index contributed by atoms with van der Waals surface area (Å²) in [7, 11) is 0. The Kier molecular flexibility index (Phi) is 6.54. The van der Waals surface area contributed by atoms with Crippen molar-refractivity contribution in [3.8, 4) is 17.1 Å². The van der Waals surface area contributed by atoms with Crippen molar-refractivity contribution in [3.63, 3.8) is 0 Å². The summed E-state index contributed by atoms with van der Waals surface area (Å²) in [6.07, 6.45) is 9.32. The number of aromatic hydroxyl groups is 1. The van der Waals surface area contributed by atoms with Gasteiger partial charge in [-0.05, 0) is 18.6 Å². The Labute approximate surface area is 136 Å². The number of phenolic OH excluding ortho intramolecular Hbond substituents is 1. The molecule has 0 radical (unpaired) electrons. The van der Waals surface area contributed by atoms with E-state index in [1.165, 1.54) is 19.3 Å². The first kappa shape index (κ1) is 16.9. The van der Waals surface area contributed by atoms with E-state index in [1.54, 1.807) is 30.6 Å². The van der Waals surface area contributed by atoms with Crippen LogP contribution in [0.2, 0.25) is 0 Å². The van der Waals surface area contributed by atoms with E-state index >= 15 is 0 Å². The van der Waals surface area contributed by atoms with Crippen LogP contribution in [0.25, 0.3) is 11.4 Å². The number of amides is 1. The number of rotatable bonds is 8. The third-order valence-electron chi connectivity index (χ3n) is 3.55. The number of nitrogens with zero attached hydrogens (tertiary/aromatic N) is 2. The Hall–Kier alpha value is -2.43. The molecule has 0 saturated carbocycles. The van der Waals surface area contributed by atoms with Gasteiger partial charge in [-0.2, -0.15) is 0 Å². The molecule has 1 aromatic heterocycles. The van der Waals surface area contributed by atoms with Crippen LogP contribution in [0.15, 0.2) is 36.7 Å². The quantitative estimate of drug-likeness (QED) is 0.718. The summed E-state index contributed by atoms with van der Waals surface area (Å²) in [5.41, 5.74) is 1.33. The van der Waals surface area contributed by atoms with Crippen LogP contribution in [0.5, 0.6) is 5.75 Å². The first-order valence-electron chi connectivity index (χ1n) is 8.10. The van der Waals surface area contributed by atoms with Crippen LogP contribution in [-0.4, -0.2) is 21.0 Å². The van der Waals surface area contributed by atoms with Crippen LogP contribution in [0.3, 0.4) is 0 Å². The number of carbonyl (C=O) groups excluding carboxylic acids is 1. The number of phenols is 1. The molecule has 1 amide bonds. The second-order valence-corrected chi connectivity index (χ2v) is 5.56. The fraction of sp³-hybridized carbons (Fsp3) is 0.389. The molecule has 0 bridgehead atoms. The lowest BCUT2D eigenvalue weighted by atomic mass is 10.1. The van der Waals surface area contributed by atoms with E-state index in [0.717, 1.165) is 18.4 Å². The highest BCUT2D eigenvalue weighted by molar-refractivity contribution is 5.90. The Morgan fingerprint density at radius 3 is 2.57 bits per heavy atom. The van der Waals surface area contributed by atoms with E-state index in [1.807, 2.05) is 6.07 Å². The second-order valence-electron chi connectivity index (χ2n) is 5.56. The Bertz CT molecular complexity index is 626. The number of aromatic nitrogens is 2. The third-order valence-corrected chi connectivity index (χ3v) is 3.55. The van der Waals surface area contributed by atoms with Gasteiger partial charge in [-0.3, -0.25) is 4.79 Å². The van der Waals surface area contributed by atoms with Gasteiger partial charge in [0, 0.05) is 12.0 Å². The molecule has 0 atom stereocenters. The van der Waals surface area contributed by atoms with Crippen molar-refractivity contribution < 1.29 is 9.90 Å². The van der Waals surface area contributed by atoms with Gasteiger partial charge in [0.05, 0.1) is 18.1 Å². The number of nitrogens with one attached hydrogen (secondary N) is 1. The van der Waals surface area contributed by atoms with Gasteiger partial charge in [0.25, 0.3) is 0 Å². The smallest absolute Gasteiger partial charge is 0.224 e. The highest BCUT2D eigenvalue weighted by Crippen LogP contribution is 2.20. The summed E-state index contributed by atoms with van der Waals surface area (Å²) in [5, 5.41) is 12.3. The van der Waals surface area contributed by atoms with E-state index in [0.29, 0.717) is 17.9 Å². The number of hydrogen-bond acceptors (Lipinski definition) is 4. The Morgan fingerprint density at radius 1 is 1.13 bits per heavy atom. The van der Waals surface area contributed by atoms with E-state index in [-0.39, 0.29) is 11.7 Å². The Morgan fingerprint density at radius 2 is 1.87 bits per heavy atom. The average Bonchev–Trinajstić information content (AvgIpc) is 2.55. The summed E-state index contributed by atoms with van der Waals surface area (Å²) in [6.45, 7) is 2.17. The van der Waals surface area contributed by atoms with Crippen LogP contribution < -0.4 is 5.32 Å². The highest BCUT2D eigenvalue weighted by Gasteiger charge is 2.05. The molecule has 2 N–H and O–H groups in total. The zero-order valence-electron chi connectivity index (χ0n) is 13.5. The highest BCUT2D eigenvalue weighted by atomic mass is 16.3. The van der Waals surface area contributed by atoms with Gasteiger partial charge in [-0.15, -0.1) is 0 Å². The number of unbranched alkanes of at least 4 members (excludes halogenated alkanes) is 4. The lowest BCUT2D eigenvalue weighted by molar-refractivity contribution is -0.116. The van der Waals surface area contributed by atoms with E-state index in [2.05, 4.69) is 22.2 Å². The molecule has 5 nitrogen and oxygen atoms in total. The maximum atomic E-state index is 11.8. The molecule has 0 unspecified atom stereocenters. The molecule has 5 heteroatoms. The SMILES string of the molecule is CCCCCCCC(=O)Nc1cnc(-c2cccc(O)c2)nc1. The number of hydrogen-bond donors (Lipinski definition) is 2. The summed E-state index contributed by atoms with van der Waals surface area (Å²) < 4.78 is 0. The molecule has 0 aliphatic carbocycles. The van der Waals surface area contributed by atoms with E-state index in [9.17, 15) is 9.90 Å². The minimum atomic E-state index is -0.00444. The summed E-state index contributed by atoms with van der Waals surface area (Å²) in [4.78, 5) is 20.3. The van der Waals surface area contributed by atoms with Crippen LogP contribution in [0.1, 0.15) is 45.4 Å². The van der Waals surface area contributed by atoms with Gasteiger partial charge in [0.1, 0.15) is 5.75 Å². The largest absolute Gasteiger partial charge is 0.508 e. The maximum absolute atomic E-state index is 11.8. The van der Waals surface area contributed by atoms with Gasteiger partial charge >= 0.3 is 0 Å². The van der Waals surface area contributed by atoms with Crippen LogP contribution in [0.4, 0.5) is 5.69 Å². The summed E-state index contributed by atoms with van der Waals surface area (Å²) in [5.74, 6) is 0.681. The van der Waals surface area contributed by atoms with Crippen molar-refractivity contribution in [2.24, 2.45) is 0 Å². The van der Waals surface area contributed by atoms with Gasteiger partial charge in [0.2, 0.25) is 5.91 Å². The molecule has 0 fully saturated rings. The van der Waals surface area contributed by atoms with E-state index in [4.69, 9.17) is 0 Å². The molecule has 0 saturated heterocycles. The first-order valence-corrected chi connectivity index (χ1v) is 8.10. The van der Waals surface area contributed by atoms with Crippen molar-refractivity contribution in [3.05, 3.63) is 36.7 Å². The predicted octanol–water partition coefficient (Wildman–Crippen LogP) is 4.15. The number of benzene rings is 1.